The zero-order valence-electron chi connectivity index (χ0n) is 23.0. The molecule has 0 fully saturated rings. The van der Waals surface area contributed by atoms with E-state index in [1.807, 2.05) is 9.44 Å². The summed E-state index contributed by atoms with van der Waals surface area (Å²) < 4.78 is 51.7. The van der Waals surface area contributed by atoms with Gasteiger partial charge in [0, 0.05) is 18.6 Å². The van der Waals surface area contributed by atoms with E-state index in [1.165, 1.54) is 48.5 Å². The number of amides is 5. The fourth-order valence-electron chi connectivity index (χ4n) is 4.44. The molecule has 16 nitrogen and oxygen atoms in total. The highest BCUT2D eigenvalue weighted by molar-refractivity contribution is 8.00. The van der Waals surface area contributed by atoms with E-state index >= 15 is 0 Å². The molecule has 0 radical (unpaired) electrons. The largest absolute Gasteiger partial charge is 0.481 e. The number of nitrogens with two attached hydrogens (primary N) is 1. The Morgan fingerprint density at radius 3 is 1.60 bits per heavy atom. The number of aliphatic carboxylic acids is 1. The zero-order chi connectivity index (χ0) is 33.1. The number of primary amides is 1. The molecule has 2 heterocycles. The van der Waals surface area contributed by atoms with E-state index in [1.54, 1.807) is 0 Å². The maximum Gasteiger partial charge on any atom is 0.305 e. The molecular formula is C27H25N5O11S2. The first-order valence-electron chi connectivity index (χ1n) is 12.9. The number of carbonyl (C=O) groups is 6. The highest BCUT2D eigenvalue weighted by Gasteiger charge is 2.31. The lowest BCUT2D eigenvalue weighted by Gasteiger charge is -2.21. The van der Waals surface area contributed by atoms with Crippen LogP contribution in [0.15, 0.2) is 60.7 Å². The zero-order valence-corrected chi connectivity index (χ0v) is 24.6. The average Bonchev–Trinajstić information content (AvgIpc) is 3.38. The fourth-order valence-corrected chi connectivity index (χ4v) is 6.73. The van der Waals surface area contributed by atoms with Crippen molar-refractivity contribution in [1.29, 1.82) is 0 Å². The molecule has 2 atom stereocenters. The van der Waals surface area contributed by atoms with E-state index in [4.69, 9.17) is 5.73 Å². The second-order valence-electron chi connectivity index (χ2n) is 9.91. The minimum Gasteiger partial charge on any atom is -0.481 e. The molecule has 2 aromatic rings. The summed E-state index contributed by atoms with van der Waals surface area (Å²) in [5.41, 5.74) is 6.64. The summed E-state index contributed by atoms with van der Waals surface area (Å²) >= 11 is 0. The van der Waals surface area contributed by atoms with Crippen LogP contribution in [-0.4, -0.2) is 69.5 Å². The Balaban J connectivity index is 1.40. The minimum absolute atomic E-state index is 0.169. The molecule has 0 aliphatic carbocycles. The summed E-state index contributed by atoms with van der Waals surface area (Å²) in [5.74, 6) is -5.76. The monoisotopic (exact) mass is 659 g/mol. The van der Waals surface area contributed by atoms with Crippen LogP contribution in [0, 0.1) is 0 Å². The predicted octanol–water partition coefficient (Wildman–Crippen LogP) is -2.00. The van der Waals surface area contributed by atoms with Gasteiger partial charge in [-0.2, -0.15) is 0 Å². The lowest BCUT2D eigenvalue weighted by atomic mass is 10.0. The number of carbonyl (C=O) groups excluding carboxylic acids is 5. The van der Waals surface area contributed by atoms with Crippen LogP contribution < -0.4 is 25.8 Å². The van der Waals surface area contributed by atoms with Crippen molar-refractivity contribution in [3.05, 3.63) is 82.9 Å². The van der Waals surface area contributed by atoms with Gasteiger partial charge in [-0.25, -0.2) is 26.3 Å². The van der Waals surface area contributed by atoms with Crippen molar-refractivity contribution in [3.63, 3.8) is 0 Å². The number of hydrogen-bond donors (Lipinski definition) is 6. The smallest absolute Gasteiger partial charge is 0.305 e. The molecule has 45 heavy (non-hydrogen) atoms. The standard InChI is InChI=1S/C27H25N5O11S2/c28-26(38)18(9-14-1-5-16(6-2-14)20-12-23(34)31-44(20,40)41)30-27(39)19(11-25(36)37)29-22(33)10-15-3-7-17(8-4-15)21-13-24(35)32-45(21,42)43/h1-8,12-13,18-19H,9-11H2,(H2,28,38)(H,29,33)(H,30,39)(H,31,34)(H,32,35)(H,36,37). The first-order chi connectivity index (χ1) is 21.0. The van der Waals surface area contributed by atoms with Crippen molar-refractivity contribution in [2.75, 3.05) is 0 Å². The molecule has 2 aromatic carbocycles. The van der Waals surface area contributed by atoms with E-state index in [-0.39, 0.29) is 33.8 Å². The summed E-state index contributed by atoms with van der Waals surface area (Å²) in [4.78, 5) is 71.6. The van der Waals surface area contributed by atoms with Crippen LogP contribution in [-0.2, 0) is 61.7 Å². The molecule has 5 amide bonds. The molecule has 0 spiro atoms. The van der Waals surface area contributed by atoms with Crippen molar-refractivity contribution >= 4 is 65.4 Å². The highest BCUT2D eigenvalue weighted by Crippen LogP contribution is 2.25. The van der Waals surface area contributed by atoms with Crippen molar-refractivity contribution in [1.82, 2.24) is 20.1 Å². The lowest BCUT2D eigenvalue weighted by Crippen LogP contribution is -2.54. The third kappa shape index (κ3) is 7.98. The molecule has 18 heteroatoms. The van der Waals surface area contributed by atoms with E-state index in [0.29, 0.717) is 11.1 Å². The van der Waals surface area contributed by atoms with Gasteiger partial charge in [0.05, 0.1) is 12.8 Å². The Morgan fingerprint density at radius 2 is 1.20 bits per heavy atom. The summed E-state index contributed by atoms with van der Waals surface area (Å²) in [6.45, 7) is 0. The molecule has 2 aliphatic rings. The van der Waals surface area contributed by atoms with Gasteiger partial charge in [-0.15, -0.1) is 0 Å². The molecule has 0 saturated carbocycles. The molecular weight excluding hydrogens is 634 g/mol. The topological polar surface area (TPSA) is 265 Å². The second-order valence-corrected chi connectivity index (χ2v) is 13.2. The Morgan fingerprint density at radius 1 is 0.733 bits per heavy atom. The van der Waals surface area contributed by atoms with Crippen molar-refractivity contribution in [2.24, 2.45) is 5.73 Å². The number of nitrogens with one attached hydrogen (secondary N) is 4. The second kappa shape index (κ2) is 12.7. The Bertz CT molecular complexity index is 1880. The van der Waals surface area contributed by atoms with Gasteiger partial charge in [-0.3, -0.25) is 28.8 Å². The predicted molar refractivity (Wildman–Crippen MR) is 156 cm³/mol. The number of carboxylic acids is 1. The van der Waals surface area contributed by atoms with Crippen molar-refractivity contribution < 1.29 is 50.7 Å². The quantitative estimate of drug-likeness (QED) is 0.145. The molecule has 7 N–H and O–H groups in total. The lowest BCUT2D eigenvalue weighted by molar-refractivity contribution is -0.141. The van der Waals surface area contributed by atoms with Gasteiger partial charge < -0.3 is 21.5 Å². The van der Waals surface area contributed by atoms with E-state index < -0.39 is 74.1 Å². The normalized spacial score (nSPS) is 17.6. The number of hydrogen-bond acceptors (Lipinski definition) is 10. The van der Waals surface area contributed by atoms with E-state index in [2.05, 4.69) is 10.6 Å². The molecule has 4 rings (SSSR count). The molecule has 2 aliphatic heterocycles. The maximum absolute atomic E-state index is 13.0. The summed E-state index contributed by atoms with van der Waals surface area (Å²) in [6.07, 6.45) is 0.510. The summed E-state index contributed by atoms with van der Waals surface area (Å²) in [5, 5.41) is 13.9. The van der Waals surface area contributed by atoms with Gasteiger partial charge in [-0.05, 0) is 22.3 Å². The van der Waals surface area contributed by atoms with Gasteiger partial charge in [0.25, 0.3) is 31.9 Å². The summed E-state index contributed by atoms with van der Waals surface area (Å²) in [6, 6.07) is 8.31. The van der Waals surface area contributed by atoms with E-state index in [0.717, 1.165) is 12.2 Å². The Labute approximate surface area is 255 Å². The average molecular weight is 660 g/mol. The van der Waals surface area contributed by atoms with Gasteiger partial charge >= 0.3 is 5.97 Å². The SMILES string of the molecule is NC(=O)C(Cc1ccc(C2=CC(=O)NS2(=O)=O)cc1)NC(=O)C(CC(=O)O)NC(=O)Cc1ccc(C2=CC(=O)NS2(=O)=O)cc1. The van der Waals surface area contributed by atoms with Crippen LogP contribution in [0.5, 0.6) is 0 Å². The number of rotatable bonds is 12. The fraction of sp³-hybridized carbons (Fsp3) is 0.185. The van der Waals surface area contributed by atoms with Crippen molar-refractivity contribution in [2.45, 2.75) is 31.3 Å². The van der Waals surface area contributed by atoms with Crippen LogP contribution >= 0.6 is 0 Å². The third-order valence-electron chi connectivity index (χ3n) is 6.55. The Hall–Kier alpha value is -5.36. The van der Waals surface area contributed by atoms with Crippen LogP contribution in [0.4, 0.5) is 0 Å². The molecule has 0 aromatic heterocycles. The third-order valence-corrected chi connectivity index (χ3v) is 9.35. The van der Waals surface area contributed by atoms with Gasteiger partial charge in [0.2, 0.25) is 17.7 Å². The minimum atomic E-state index is -4.01. The van der Waals surface area contributed by atoms with Crippen molar-refractivity contribution in [3.8, 4) is 0 Å². The highest BCUT2D eigenvalue weighted by atomic mass is 32.2. The van der Waals surface area contributed by atoms with E-state index in [9.17, 15) is 50.7 Å². The van der Waals surface area contributed by atoms with Crippen LogP contribution in [0.2, 0.25) is 0 Å². The van der Waals surface area contributed by atoms with Gasteiger partial charge in [0.1, 0.15) is 21.9 Å². The summed E-state index contributed by atoms with van der Waals surface area (Å²) in [7, 11) is -8.00. The first-order valence-corrected chi connectivity index (χ1v) is 15.9. The van der Waals surface area contributed by atoms with Crippen LogP contribution in [0.3, 0.4) is 0 Å². The number of benzene rings is 2. The van der Waals surface area contributed by atoms with Crippen LogP contribution in [0.25, 0.3) is 9.81 Å². The maximum atomic E-state index is 13.0. The van der Waals surface area contributed by atoms with Crippen LogP contribution in [0.1, 0.15) is 28.7 Å². The molecule has 0 saturated heterocycles. The molecule has 236 valence electrons. The van der Waals surface area contributed by atoms with Gasteiger partial charge in [-0.1, -0.05) is 48.5 Å². The Kier molecular flexibility index (Phi) is 9.19. The number of sulfonamides is 2. The number of carboxylic acid groups (broad SMARTS) is 1. The van der Waals surface area contributed by atoms with Gasteiger partial charge in [0.15, 0.2) is 0 Å². The molecule has 2 unspecified atom stereocenters. The molecule has 0 bridgehead atoms. The first kappa shape index (κ1) is 32.6.